The molecule has 0 saturated carbocycles. The van der Waals surface area contributed by atoms with Crippen molar-refractivity contribution < 1.29 is 19.2 Å². The first-order chi connectivity index (χ1) is 9.97. The number of carbonyl (C=O) groups is 4. The zero-order valence-electron chi connectivity index (χ0n) is 12.1. The van der Waals surface area contributed by atoms with Gasteiger partial charge in [0.1, 0.15) is 6.54 Å². The maximum Gasteiger partial charge on any atom is 0.326 e. The van der Waals surface area contributed by atoms with Crippen molar-refractivity contribution in [2.75, 3.05) is 26.7 Å². The van der Waals surface area contributed by atoms with Crippen molar-refractivity contribution in [3.8, 4) is 0 Å². The van der Waals surface area contributed by atoms with E-state index in [9.17, 15) is 19.2 Å². The molecule has 21 heavy (non-hydrogen) atoms. The number of imide groups is 1. The molecule has 2 aliphatic heterocycles. The zero-order chi connectivity index (χ0) is 15.4. The molecule has 2 saturated heterocycles. The highest BCUT2D eigenvalue weighted by molar-refractivity contribution is 6.01. The second-order valence-electron chi connectivity index (χ2n) is 5.39. The summed E-state index contributed by atoms with van der Waals surface area (Å²) in [4.78, 5) is 48.5. The van der Waals surface area contributed by atoms with Gasteiger partial charge in [-0.05, 0) is 12.8 Å². The Bertz CT molecular complexity index is 455. The van der Waals surface area contributed by atoms with Crippen LogP contribution in [0, 0.1) is 0 Å². The monoisotopic (exact) mass is 296 g/mol. The van der Waals surface area contributed by atoms with Gasteiger partial charge >= 0.3 is 6.03 Å². The van der Waals surface area contributed by atoms with Crippen LogP contribution in [0.3, 0.4) is 0 Å². The summed E-state index contributed by atoms with van der Waals surface area (Å²) in [6, 6.07) is -0.341. The summed E-state index contributed by atoms with van der Waals surface area (Å²) in [6.45, 7) is 0.822. The lowest BCUT2D eigenvalue weighted by Gasteiger charge is -2.23. The number of urea groups is 1. The Morgan fingerprint density at radius 1 is 1.38 bits per heavy atom. The molecule has 0 aromatic heterocycles. The third kappa shape index (κ3) is 3.93. The second kappa shape index (κ2) is 6.55. The van der Waals surface area contributed by atoms with E-state index in [0.717, 1.165) is 0 Å². The van der Waals surface area contributed by atoms with E-state index < -0.39 is 0 Å². The molecule has 0 aliphatic carbocycles. The van der Waals surface area contributed by atoms with Crippen LogP contribution < -0.4 is 10.6 Å². The predicted octanol–water partition coefficient (Wildman–Crippen LogP) is -0.945. The van der Waals surface area contributed by atoms with Crippen molar-refractivity contribution in [3.63, 3.8) is 0 Å². The molecule has 0 aromatic rings. The minimum absolute atomic E-state index is 0.00989. The average molecular weight is 296 g/mol. The van der Waals surface area contributed by atoms with Gasteiger partial charge < -0.3 is 15.5 Å². The van der Waals surface area contributed by atoms with Gasteiger partial charge in [-0.1, -0.05) is 0 Å². The lowest BCUT2D eigenvalue weighted by molar-refractivity contribution is -0.126. The molecule has 0 aromatic carbocycles. The SMILES string of the molecule is CN1CC(=O)N(CCCC(=O)NC2CCC(=O)NC2)C1=O. The van der Waals surface area contributed by atoms with Crippen LogP contribution in [0.1, 0.15) is 25.7 Å². The van der Waals surface area contributed by atoms with Crippen LogP contribution in [0.5, 0.6) is 0 Å². The summed E-state index contributed by atoms with van der Waals surface area (Å²) in [5.74, 6) is -0.336. The molecule has 2 rings (SSSR count). The molecule has 0 radical (unpaired) electrons. The standard InChI is InChI=1S/C13H20N4O4/c1-16-8-12(20)17(13(16)21)6-2-3-11(19)15-9-4-5-10(18)14-7-9/h9H,2-8H2,1H3,(H,14,18)(H,15,19). The Hall–Kier alpha value is -2.12. The topological polar surface area (TPSA) is 98.8 Å². The molecule has 8 heteroatoms. The van der Waals surface area contributed by atoms with E-state index in [1.54, 1.807) is 7.05 Å². The van der Waals surface area contributed by atoms with Crippen LogP contribution in [-0.2, 0) is 14.4 Å². The number of nitrogens with one attached hydrogen (secondary N) is 2. The number of likely N-dealkylation sites (N-methyl/N-ethyl adjacent to an activating group) is 1. The predicted molar refractivity (Wildman–Crippen MR) is 73.1 cm³/mol. The minimum Gasteiger partial charge on any atom is -0.354 e. The Kier molecular flexibility index (Phi) is 4.77. The Morgan fingerprint density at radius 2 is 2.14 bits per heavy atom. The summed E-state index contributed by atoms with van der Waals surface area (Å²) in [5.41, 5.74) is 0. The van der Waals surface area contributed by atoms with E-state index in [4.69, 9.17) is 0 Å². The number of rotatable bonds is 5. The third-order valence-electron chi connectivity index (χ3n) is 3.65. The summed E-state index contributed by atoms with van der Waals surface area (Å²) < 4.78 is 0. The maximum atomic E-state index is 11.8. The molecule has 8 nitrogen and oxygen atoms in total. The van der Waals surface area contributed by atoms with Gasteiger partial charge in [0.05, 0.1) is 0 Å². The summed E-state index contributed by atoms with van der Waals surface area (Å²) in [6.07, 6.45) is 1.76. The van der Waals surface area contributed by atoms with E-state index in [-0.39, 0.29) is 49.3 Å². The van der Waals surface area contributed by atoms with Crippen LogP contribution >= 0.6 is 0 Å². The van der Waals surface area contributed by atoms with E-state index in [1.807, 2.05) is 0 Å². The maximum absolute atomic E-state index is 11.8. The molecule has 1 unspecified atom stereocenters. The van der Waals surface area contributed by atoms with Gasteiger partial charge in [0.15, 0.2) is 0 Å². The minimum atomic E-state index is -0.310. The van der Waals surface area contributed by atoms with E-state index in [2.05, 4.69) is 10.6 Å². The summed E-state index contributed by atoms with van der Waals surface area (Å²) in [5, 5.41) is 5.54. The quantitative estimate of drug-likeness (QED) is 0.639. The molecule has 0 bridgehead atoms. The van der Waals surface area contributed by atoms with Gasteiger partial charge in [0, 0.05) is 39.0 Å². The lowest BCUT2D eigenvalue weighted by Crippen LogP contribution is -2.47. The van der Waals surface area contributed by atoms with Crippen molar-refractivity contribution >= 4 is 23.8 Å². The average Bonchev–Trinajstić information content (AvgIpc) is 2.68. The molecule has 2 aliphatic rings. The molecular weight excluding hydrogens is 276 g/mol. The highest BCUT2D eigenvalue weighted by Crippen LogP contribution is 2.09. The van der Waals surface area contributed by atoms with E-state index >= 15 is 0 Å². The second-order valence-corrected chi connectivity index (χ2v) is 5.39. The largest absolute Gasteiger partial charge is 0.354 e. The number of hydrogen-bond acceptors (Lipinski definition) is 4. The first-order valence-corrected chi connectivity index (χ1v) is 7.09. The van der Waals surface area contributed by atoms with Gasteiger partial charge in [-0.25, -0.2) is 4.79 Å². The molecular formula is C13H20N4O4. The van der Waals surface area contributed by atoms with Gasteiger partial charge in [-0.2, -0.15) is 0 Å². The Morgan fingerprint density at radius 3 is 2.71 bits per heavy atom. The normalized spacial score (nSPS) is 22.5. The number of amides is 5. The van der Waals surface area contributed by atoms with Crippen LogP contribution in [-0.4, -0.2) is 66.3 Å². The molecule has 2 heterocycles. The fourth-order valence-electron chi connectivity index (χ4n) is 2.44. The van der Waals surface area contributed by atoms with Gasteiger partial charge in [0.2, 0.25) is 17.7 Å². The van der Waals surface area contributed by atoms with Crippen molar-refractivity contribution in [1.29, 1.82) is 0 Å². The molecule has 5 amide bonds. The van der Waals surface area contributed by atoms with Crippen LogP contribution in [0.15, 0.2) is 0 Å². The fraction of sp³-hybridized carbons (Fsp3) is 0.692. The van der Waals surface area contributed by atoms with Crippen molar-refractivity contribution in [2.45, 2.75) is 31.7 Å². The number of hydrogen-bond donors (Lipinski definition) is 2. The number of piperidine rings is 1. The highest BCUT2D eigenvalue weighted by Gasteiger charge is 2.32. The van der Waals surface area contributed by atoms with Gasteiger partial charge in [-0.3, -0.25) is 19.3 Å². The first-order valence-electron chi connectivity index (χ1n) is 7.09. The van der Waals surface area contributed by atoms with Gasteiger partial charge in [0.25, 0.3) is 0 Å². The summed E-state index contributed by atoms with van der Waals surface area (Å²) in [7, 11) is 1.57. The molecule has 0 spiro atoms. The summed E-state index contributed by atoms with van der Waals surface area (Å²) >= 11 is 0. The third-order valence-corrected chi connectivity index (χ3v) is 3.65. The van der Waals surface area contributed by atoms with E-state index in [0.29, 0.717) is 25.8 Å². The van der Waals surface area contributed by atoms with Crippen molar-refractivity contribution in [3.05, 3.63) is 0 Å². The molecule has 1 atom stereocenters. The lowest BCUT2D eigenvalue weighted by atomic mass is 10.1. The molecule has 2 N–H and O–H groups in total. The molecule has 2 fully saturated rings. The smallest absolute Gasteiger partial charge is 0.326 e. The fourth-order valence-corrected chi connectivity index (χ4v) is 2.44. The van der Waals surface area contributed by atoms with Crippen LogP contribution in [0.4, 0.5) is 4.79 Å². The molecule has 116 valence electrons. The van der Waals surface area contributed by atoms with Crippen molar-refractivity contribution in [1.82, 2.24) is 20.4 Å². The van der Waals surface area contributed by atoms with E-state index in [1.165, 1.54) is 9.80 Å². The van der Waals surface area contributed by atoms with Crippen molar-refractivity contribution in [2.24, 2.45) is 0 Å². The zero-order valence-corrected chi connectivity index (χ0v) is 12.1. The highest BCUT2D eigenvalue weighted by atomic mass is 16.2. The van der Waals surface area contributed by atoms with Crippen LogP contribution in [0.2, 0.25) is 0 Å². The first kappa shape index (κ1) is 15.3. The Labute approximate surface area is 122 Å². The van der Waals surface area contributed by atoms with Crippen LogP contribution in [0.25, 0.3) is 0 Å². The number of carbonyl (C=O) groups excluding carboxylic acids is 4. The number of nitrogens with zero attached hydrogens (tertiary/aromatic N) is 2. The Balaban J connectivity index is 1.66. The van der Waals surface area contributed by atoms with Gasteiger partial charge in [-0.15, -0.1) is 0 Å².